The Balaban J connectivity index is 2.10. The molecule has 0 aromatic carbocycles. The summed E-state index contributed by atoms with van der Waals surface area (Å²) in [6.45, 7) is 0.625. The van der Waals surface area contributed by atoms with Crippen LogP contribution >= 0.6 is 11.6 Å². The lowest BCUT2D eigenvalue weighted by molar-refractivity contribution is -0.132. The molecule has 1 fully saturated rings. The molecule has 1 atom stereocenters. The minimum Gasteiger partial charge on any atom is -0.479 e. The quantitative estimate of drug-likeness (QED) is 0.801. The highest BCUT2D eigenvalue weighted by Crippen LogP contribution is 2.30. The zero-order valence-corrected chi connectivity index (χ0v) is 12.7. The van der Waals surface area contributed by atoms with Crippen molar-refractivity contribution >= 4 is 28.7 Å². The summed E-state index contributed by atoms with van der Waals surface area (Å²) < 4.78 is 7.24. The molecule has 1 unspecified atom stereocenters. The van der Waals surface area contributed by atoms with Crippen molar-refractivity contribution in [1.82, 2.24) is 24.4 Å². The number of rotatable bonds is 3. The number of likely N-dealkylation sites (N-methyl/N-ethyl adjacent to an activating group) is 1. The molecule has 1 aliphatic heterocycles. The highest BCUT2D eigenvalue weighted by Gasteiger charge is 2.28. The maximum atomic E-state index is 11.7. The number of nitrogens with zero attached hydrogens (tertiary/aromatic N) is 5. The largest absolute Gasteiger partial charge is 0.479 e. The Labute approximate surface area is 126 Å². The number of hydrogen-bond acceptors (Lipinski definition) is 5. The van der Waals surface area contributed by atoms with E-state index in [1.54, 1.807) is 12.0 Å². The maximum Gasteiger partial charge on any atom is 0.245 e. The predicted molar refractivity (Wildman–Crippen MR) is 77.3 cm³/mol. The van der Waals surface area contributed by atoms with Crippen molar-refractivity contribution in [3.05, 3.63) is 12.2 Å². The highest BCUT2D eigenvalue weighted by atomic mass is 35.5. The molecule has 3 heterocycles. The molecule has 7 nitrogen and oxygen atoms in total. The van der Waals surface area contributed by atoms with E-state index in [4.69, 9.17) is 16.3 Å². The number of piperidine rings is 1. The van der Waals surface area contributed by atoms with Crippen LogP contribution in [-0.2, 0) is 10.7 Å². The molecule has 2 aromatic heterocycles. The average molecular weight is 310 g/mol. The summed E-state index contributed by atoms with van der Waals surface area (Å²) in [4.78, 5) is 26.3. The van der Waals surface area contributed by atoms with E-state index in [-0.39, 0.29) is 17.8 Å². The van der Waals surface area contributed by atoms with Crippen LogP contribution in [-0.4, -0.2) is 51.0 Å². The molecule has 1 amide bonds. The molecule has 0 saturated carbocycles. The topological polar surface area (TPSA) is 73.1 Å². The first-order valence-electron chi connectivity index (χ1n) is 6.71. The lowest BCUT2D eigenvalue weighted by Crippen LogP contribution is -2.38. The number of likely N-dealkylation sites (tertiary alicyclic amines) is 1. The van der Waals surface area contributed by atoms with E-state index in [1.807, 2.05) is 11.6 Å². The van der Waals surface area contributed by atoms with E-state index in [0.29, 0.717) is 30.0 Å². The fourth-order valence-electron chi connectivity index (χ4n) is 2.76. The van der Waals surface area contributed by atoms with Gasteiger partial charge in [0.1, 0.15) is 12.2 Å². The SMILES string of the molecule is COc1ncnc2c1nc(CCl)n2C1CCC(=O)N(C)C1. The molecule has 0 aliphatic carbocycles. The van der Waals surface area contributed by atoms with Crippen LogP contribution in [0.4, 0.5) is 0 Å². The highest BCUT2D eigenvalue weighted by molar-refractivity contribution is 6.16. The molecule has 112 valence electrons. The van der Waals surface area contributed by atoms with Crippen LogP contribution in [0, 0.1) is 0 Å². The zero-order chi connectivity index (χ0) is 15.0. The lowest BCUT2D eigenvalue weighted by Gasteiger charge is -2.31. The van der Waals surface area contributed by atoms with Crippen molar-refractivity contribution in [1.29, 1.82) is 0 Å². The Hall–Kier alpha value is -1.89. The summed E-state index contributed by atoms with van der Waals surface area (Å²) in [5, 5.41) is 0. The summed E-state index contributed by atoms with van der Waals surface area (Å²) >= 11 is 6.03. The number of fused-ring (bicyclic) bond motifs is 1. The molecule has 0 radical (unpaired) electrons. The molecular formula is C13H16ClN5O2. The lowest BCUT2D eigenvalue weighted by atomic mass is 10.1. The monoisotopic (exact) mass is 309 g/mol. The van der Waals surface area contributed by atoms with Gasteiger partial charge in [-0.2, -0.15) is 4.98 Å². The molecule has 1 saturated heterocycles. The maximum absolute atomic E-state index is 11.7. The molecule has 21 heavy (non-hydrogen) atoms. The van der Waals surface area contributed by atoms with E-state index < -0.39 is 0 Å². The van der Waals surface area contributed by atoms with Crippen LogP contribution in [0.2, 0.25) is 0 Å². The first kappa shape index (κ1) is 14.1. The van der Waals surface area contributed by atoms with Crippen molar-refractivity contribution in [2.45, 2.75) is 24.8 Å². The second-order valence-corrected chi connectivity index (χ2v) is 5.32. The standard InChI is InChI=1S/C13H16ClN5O2/c1-18-6-8(3-4-10(18)20)19-9(5-14)17-11-12(19)15-7-16-13(11)21-2/h7-8H,3-6H2,1-2H3. The van der Waals surface area contributed by atoms with Gasteiger partial charge in [0.15, 0.2) is 11.2 Å². The molecule has 1 aliphatic rings. The van der Waals surface area contributed by atoms with Gasteiger partial charge >= 0.3 is 0 Å². The number of aromatic nitrogens is 4. The third kappa shape index (κ3) is 2.31. The third-order valence-corrected chi connectivity index (χ3v) is 4.04. The molecule has 8 heteroatoms. The van der Waals surface area contributed by atoms with Crippen LogP contribution in [0.5, 0.6) is 5.88 Å². The van der Waals surface area contributed by atoms with Gasteiger partial charge in [0, 0.05) is 20.0 Å². The van der Waals surface area contributed by atoms with Gasteiger partial charge in [0.05, 0.1) is 19.0 Å². The third-order valence-electron chi connectivity index (χ3n) is 3.80. The van der Waals surface area contributed by atoms with Crippen LogP contribution < -0.4 is 4.74 Å². The smallest absolute Gasteiger partial charge is 0.245 e. The number of carbonyl (C=O) groups is 1. The number of methoxy groups -OCH3 is 1. The zero-order valence-electron chi connectivity index (χ0n) is 11.9. The number of imidazole rings is 1. The fourth-order valence-corrected chi connectivity index (χ4v) is 2.95. The fraction of sp³-hybridized carbons (Fsp3) is 0.538. The molecular weight excluding hydrogens is 294 g/mol. The van der Waals surface area contributed by atoms with Crippen molar-refractivity contribution in [2.24, 2.45) is 0 Å². The molecule has 0 bridgehead atoms. The van der Waals surface area contributed by atoms with Gasteiger partial charge in [-0.3, -0.25) is 4.79 Å². The first-order valence-corrected chi connectivity index (χ1v) is 7.25. The molecule has 2 aromatic rings. The van der Waals surface area contributed by atoms with Crippen LogP contribution in [0.1, 0.15) is 24.7 Å². The average Bonchev–Trinajstić information content (AvgIpc) is 2.88. The van der Waals surface area contributed by atoms with Gasteiger partial charge in [0.25, 0.3) is 0 Å². The van der Waals surface area contributed by atoms with Crippen LogP contribution in [0.3, 0.4) is 0 Å². The summed E-state index contributed by atoms with van der Waals surface area (Å²) in [6.07, 6.45) is 2.73. The Kier molecular flexibility index (Phi) is 3.67. The van der Waals surface area contributed by atoms with Gasteiger partial charge in [0.2, 0.25) is 11.8 Å². The second kappa shape index (κ2) is 5.48. The summed E-state index contributed by atoms with van der Waals surface area (Å²) in [7, 11) is 3.36. The van der Waals surface area contributed by atoms with Gasteiger partial charge in [-0.05, 0) is 6.42 Å². The van der Waals surface area contributed by atoms with Crippen molar-refractivity contribution in [3.8, 4) is 5.88 Å². The van der Waals surface area contributed by atoms with Gasteiger partial charge < -0.3 is 14.2 Å². The number of carbonyl (C=O) groups excluding carboxylic acids is 1. The van der Waals surface area contributed by atoms with E-state index in [1.165, 1.54) is 6.33 Å². The molecule has 0 N–H and O–H groups in total. The van der Waals surface area contributed by atoms with E-state index >= 15 is 0 Å². The second-order valence-electron chi connectivity index (χ2n) is 5.05. The predicted octanol–water partition coefficient (Wildman–Crippen LogP) is 1.37. The van der Waals surface area contributed by atoms with Gasteiger partial charge in [-0.1, -0.05) is 0 Å². The van der Waals surface area contributed by atoms with E-state index in [9.17, 15) is 4.79 Å². The Morgan fingerprint density at radius 3 is 2.95 bits per heavy atom. The summed E-state index contributed by atoms with van der Waals surface area (Å²) in [5.41, 5.74) is 1.31. The minimum atomic E-state index is 0.117. The van der Waals surface area contributed by atoms with Crippen molar-refractivity contribution < 1.29 is 9.53 Å². The van der Waals surface area contributed by atoms with Crippen molar-refractivity contribution in [3.63, 3.8) is 0 Å². The number of hydrogen-bond donors (Lipinski definition) is 0. The molecule has 3 rings (SSSR count). The number of alkyl halides is 1. The molecule has 0 spiro atoms. The Morgan fingerprint density at radius 2 is 2.29 bits per heavy atom. The number of amides is 1. The summed E-state index contributed by atoms with van der Waals surface area (Å²) in [5.74, 6) is 1.59. The van der Waals surface area contributed by atoms with Crippen LogP contribution in [0.25, 0.3) is 11.2 Å². The van der Waals surface area contributed by atoms with Gasteiger partial charge in [-0.25, -0.2) is 9.97 Å². The van der Waals surface area contributed by atoms with Gasteiger partial charge in [-0.15, -0.1) is 11.6 Å². The Morgan fingerprint density at radius 1 is 1.48 bits per heavy atom. The van der Waals surface area contributed by atoms with E-state index in [2.05, 4.69) is 15.0 Å². The van der Waals surface area contributed by atoms with E-state index in [0.717, 1.165) is 12.2 Å². The first-order chi connectivity index (χ1) is 10.2. The van der Waals surface area contributed by atoms with Crippen molar-refractivity contribution in [2.75, 3.05) is 20.7 Å². The normalized spacial score (nSPS) is 19.3. The minimum absolute atomic E-state index is 0.117. The number of halogens is 1. The summed E-state index contributed by atoms with van der Waals surface area (Å²) in [6, 6.07) is 0.117. The number of ether oxygens (including phenoxy) is 1. The van der Waals surface area contributed by atoms with Crippen LogP contribution in [0.15, 0.2) is 6.33 Å². The Bertz CT molecular complexity index is 686.